The number of hydrogen-bond acceptors (Lipinski definition) is 2. The van der Waals surface area contributed by atoms with Gasteiger partial charge in [-0.2, -0.15) is 0 Å². The van der Waals surface area contributed by atoms with Gasteiger partial charge in [0.05, 0.1) is 0 Å². The normalized spacial score (nSPS) is 11.2. The zero-order valence-electron chi connectivity index (χ0n) is 8.02. The summed E-state index contributed by atoms with van der Waals surface area (Å²) in [6, 6.07) is 0. The van der Waals surface area contributed by atoms with Crippen molar-refractivity contribution in [1.29, 1.82) is 0 Å². The molecule has 0 aliphatic heterocycles. The Kier molecular flexibility index (Phi) is 3.93. The molecular weight excluding hydrogens is 154 g/mol. The van der Waals surface area contributed by atoms with E-state index in [-0.39, 0.29) is 5.78 Å². The molecule has 0 heterocycles. The molecule has 0 fully saturated rings. The lowest BCUT2D eigenvalue weighted by Gasteiger charge is -2.25. The Hall–Kier alpha value is -0.860. The zero-order valence-corrected chi connectivity index (χ0v) is 8.02. The van der Waals surface area contributed by atoms with Gasteiger partial charge >= 0.3 is 0 Å². The van der Waals surface area contributed by atoms with Gasteiger partial charge in [0.25, 0.3) is 0 Å². The van der Waals surface area contributed by atoms with E-state index < -0.39 is 11.3 Å². The van der Waals surface area contributed by atoms with Crippen molar-refractivity contribution in [2.45, 2.75) is 40.0 Å². The van der Waals surface area contributed by atoms with E-state index in [1.54, 1.807) is 6.92 Å². The maximum absolute atomic E-state index is 11.4. The SMILES string of the molecule is CCC(=O)C(CC)(CC)C(N)=O. The molecule has 0 bridgehead atoms. The monoisotopic (exact) mass is 171 g/mol. The summed E-state index contributed by atoms with van der Waals surface area (Å²) in [4.78, 5) is 22.5. The average Bonchev–Trinajstić information content (AvgIpc) is 2.06. The van der Waals surface area contributed by atoms with Crippen LogP contribution in [0, 0.1) is 5.41 Å². The van der Waals surface area contributed by atoms with E-state index in [0.717, 1.165) is 0 Å². The highest BCUT2D eigenvalue weighted by atomic mass is 16.2. The van der Waals surface area contributed by atoms with Gasteiger partial charge < -0.3 is 5.73 Å². The van der Waals surface area contributed by atoms with Crippen LogP contribution in [0.4, 0.5) is 0 Å². The van der Waals surface area contributed by atoms with Gasteiger partial charge in [-0.25, -0.2) is 0 Å². The number of primary amides is 1. The minimum atomic E-state index is -0.908. The van der Waals surface area contributed by atoms with Crippen LogP contribution >= 0.6 is 0 Å². The third-order valence-electron chi connectivity index (χ3n) is 2.53. The van der Waals surface area contributed by atoms with E-state index in [1.165, 1.54) is 0 Å². The number of ketones is 1. The van der Waals surface area contributed by atoms with Crippen LogP contribution in [0.3, 0.4) is 0 Å². The van der Waals surface area contributed by atoms with Crippen LogP contribution in [0.2, 0.25) is 0 Å². The molecule has 0 aromatic rings. The molecule has 0 unspecified atom stereocenters. The van der Waals surface area contributed by atoms with Gasteiger partial charge in [-0.1, -0.05) is 20.8 Å². The third-order valence-corrected chi connectivity index (χ3v) is 2.53. The summed E-state index contributed by atoms with van der Waals surface area (Å²) in [5, 5.41) is 0. The lowest BCUT2D eigenvalue weighted by molar-refractivity contribution is -0.140. The van der Waals surface area contributed by atoms with E-state index in [0.29, 0.717) is 19.3 Å². The Morgan fingerprint density at radius 2 is 1.58 bits per heavy atom. The first-order chi connectivity index (χ1) is 5.55. The van der Waals surface area contributed by atoms with Crippen molar-refractivity contribution in [3.05, 3.63) is 0 Å². The Labute approximate surface area is 73.3 Å². The fraction of sp³-hybridized carbons (Fsp3) is 0.778. The quantitative estimate of drug-likeness (QED) is 0.633. The molecule has 0 saturated carbocycles. The number of carbonyl (C=O) groups excluding carboxylic acids is 2. The smallest absolute Gasteiger partial charge is 0.231 e. The van der Waals surface area contributed by atoms with Crippen LogP contribution < -0.4 is 5.73 Å². The molecule has 0 rings (SSSR count). The minimum absolute atomic E-state index is 0.0417. The van der Waals surface area contributed by atoms with Crippen LogP contribution in [0.5, 0.6) is 0 Å². The molecule has 0 radical (unpaired) electrons. The highest BCUT2D eigenvalue weighted by Crippen LogP contribution is 2.28. The van der Waals surface area contributed by atoms with Crippen LogP contribution in [0.25, 0.3) is 0 Å². The molecule has 0 aliphatic carbocycles. The number of hydrogen-bond donors (Lipinski definition) is 1. The first-order valence-corrected chi connectivity index (χ1v) is 4.38. The maximum Gasteiger partial charge on any atom is 0.231 e. The molecule has 0 aromatic heterocycles. The van der Waals surface area contributed by atoms with Crippen molar-refractivity contribution in [3.63, 3.8) is 0 Å². The summed E-state index contributed by atoms with van der Waals surface area (Å²) in [6.45, 7) is 5.40. The molecular formula is C9H17NO2. The first-order valence-electron chi connectivity index (χ1n) is 4.38. The van der Waals surface area contributed by atoms with Gasteiger partial charge in [-0.15, -0.1) is 0 Å². The Bertz CT molecular complexity index is 183. The second-order valence-corrected chi connectivity index (χ2v) is 2.93. The predicted molar refractivity (Wildman–Crippen MR) is 47.5 cm³/mol. The van der Waals surface area contributed by atoms with Gasteiger partial charge in [0.2, 0.25) is 5.91 Å². The van der Waals surface area contributed by atoms with Crippen molar-refractivity contribution < 1.29 is 9.59 Å². The largest absolute Gasteiger partial charge is 0.369 e. The Morgan fingerprint density at radius 3 is 1.67 bits per heavy atom. The van der Waals surface area contributed by atoms with Crippen molar-refractivity contribution in [2.24, 2.45) is 11.1 Å². The number of amides is 1. The summed E-state index contributed by atoms with van der Waals surface area (Å²) in [5.74, 6) is -0.528. The summed E-state index contributed by atoms with van der Waals surface area (Å²) in [6.07, 6.45) is 1.39. The van der Waals surface area contributed by atoms with E-state index in [2.05, 4.69) is 0 Å². The fourth-order valence-electron chi connectivity index (χ4n) is 1.47. The van der Waals surface area contributed by atoms with Crippen molar-refractivity contribution >= 4 is 11.7 Å². The molecule has 3 heteroatoms. The molecule has 0 saturated heterocycles. The second-order valence-electron chi connectivity index (χ2n) is 2.93. The number of carbonyl (C=O) groups is 2. The minimum Gasteiger partial charge on any atom is -0.369 e. The molecule has 0 aromatic carbocycles. The van der Waals surface area contributed by atoms with Gasteiger partial charge in [-0.05, 0) is 12.8 Å². The maximum atomic E-state index is 11.4. The summed E-state index contributed by atoms with van der Waals surface area (Å²) in [7, 11) is 0. The van der Waals surface area contributed by atoms with Gasteiger partial charge in [0, 0.05) is 6.42 Å². The molecule has 12 heavy (non-hydrogen) atoms. The van der Waals surface area contributed by atoms with Crippen molar-refractivity contribution in [1.82, 2.24) is 0 Å². The Balaban J connectivity index is 4.82. The molecule has 0 atom stereocenters. The highest BCUT2D eigenvalue weighted by molar-refractivity contribution is 6.05. The summed E-state index contributed by atoms with van der Waals surface area (Å²) in [5.41, 5.74) is 4.30. The first kappa shape index (κ1) is 11.1. The number of rotatable bonds is 5. The highest BCUT2D eigenvalue weighted by Gasteiger charge is 2.39. The van der Waals surface area contributed by atoms with Gasteiger partial charge in [0.15, 0.2) is 0 Å². The lowest BCUT2D eigenvalue weighted by Crippen LogP contribution is -2.42. The molecule has 2 N–H and O–H groups in total. The molecule has 1 amide bonds. The van der Waals surface area contributed by atoms with Gasteiger partial charge in [0.1, 0.15) is 11.2 Å². The van der Waals surface area contributed by atoms with E-state index in [4.69, 9.17) is 5.73 Å². The lowest BCUT2D eigenvalue weighted by atomic mass is 9.76. The van der Waals surface area contributed by atoms with Gasteiger partial charge in [-0.3, -0.25) is 9.59 Å². The second kappa shape index (κ2) is 4.24. The molecule has 70 valence electrons. The third kappa shape index (κ3) is 1.65. The summed E-state index contributed by atoms with van der Waals surface area (Å²) >= 11 is 0. The standard InChI is InChI=1S/C9H17NO2/c1-4-7(11)9(5-2,6-3)8(10)12/h4-6H2,1-3H3,(H2,10,12). The fourth-order valence-corrected chi connectivity index (χ4v) is 1.47. The predicted octanol–water partition coefficient (Wildman–Crippen LogP) is 1.26. The van der Waals surface area contributed by atoms with Crippen LogP contribution in [-0.2, 0) is 9.59 Å². The Morgan fingerprint density at radius 1 is 1.17 bits per heavy atom. The zero-order chi connectivity index (χ0) is 9.78. The molecule has 0 spiro atoms. The van der Waals surface area contributed by atoms with Crippen LogP contribution in [0.15, 0.2) is 0 Å². The van der Waals surface area contributed by atoms with Crippen LogP contribution in [-0.4, -0.2) is 11.7 Å². The number of nitrogens with two attached hydrogens (primary N) is 1. The summed E-state index contributed by atoms with van der Waals surface area (Å²) < 4.78 is 0. The molecule has 0 aliphatic rings. The topological polar surface area (TPSA) is 60.2 Å². The average molecular weight is 171 g/mol. The van der Waals surface area contributed by atoms with Crippen molar-refractivity contribution in [3.8, 4) is 0 Å². The molecule has 3 nitrogen and oxygen atoms in total. The van der Waals surface area contributed by atoms with E-state index >= 15 is 0 Å². The van der Waals surface area contributed by atoms with Crippen molar-refractivity contribution in [2.75, 3.05) is 0 Å². The van der Waals surface area contributed by atoms with Crippen LogP contribution in [0.1, 0.15) is 40.0 Å². The number of Topliss-reactive ketones (excluding diaryl/α,β-unsaturated/α-hetero) is 1. The van der Waals surface area contributed by atoms with E-state index in [1.807, 2.05) is 13.8 Å². The van der Waals surface area contributed by atoms with E-state index in [9.17, 15) is 9.59 Å².